The molecule has 24 heavy (non-hydrogen) atoms. The third kappa shape index (κ3) is 5.72. The molecule has 1 aliphatic heterocycles. The topological polar surface area (TPSA) is 55.1 Å². The maximum absolute atomic E-state index is 10.3. The molecule has 2 unspecified atom stereocenters. The van der Waals surface area contributed by atoms with Gasteiger partial charge in [0.15, 0.2) is 0 Å². The van der Waals surface area contributed by atoms with Gasteiger partial charge in [-0.1, -0.05) is 0 Å². The molecule has 5 nitrogen and oxygen atoms in total. The molecule has 132 valence electrons. The van der Waals surface area contributed by atoms with Crippen molar-refractivity contribution in [1.29, 1.82) is 0 Å². The number of aliphatic hydroxyl groups is 1. The second-order valence-corrected chi connectivity index (χ2v) is 6.99. The SMILES string of the molecule is OC(COCc1ccco1)CN(Cc1ccsc1)CC1CCCO1. The molecule has 3 heterocycles. The Hall–Kier alpha value is -1.18. The van der Waals surface area contributed by atoms with Crippen molar-refractivity contribution in [2.75, 3.05) is 26.3 Å². The molecule has 2 aromatic heterocycles. The number of hydrogen-bond acceptors (Lipinski definition) is 6. The fraction of sp³-hybridized carbons (Fsp3) is 0.556. The summed E-state index contributed by atoms with van der Waals surface area (Å²) in [4.78, 5) is 2.26. The minimum atomic E-state index is -0.528. The average molecular weight is 351 g/mol. The minimum absolute atomic E-state index is 0.278. The maximum Gasteiger partial charge on any atom is 0.129 e. The van der Waals surface area contributed by atoms with Gasteiger partial charge < -0.3 is 19.0 Å². The quantitative estimate of drug-likeness (QED) is 0.713. The molecule has 2 atom stereocenters. The molecular formula is C18H25NO4S. The van der Waals surface area contributed by atoms with E-state index < -0.39 is 6.10 Å². The molecule has 2 aromatic rings. The van der Waals surface area contributed by atoms with Gasteiger partial charge in [-0.25, -0.2) is 0 Å². The predicted octanol–water partition coefficient (Wildman–Crippen LogP) is 2.90. The average Bonchev–Trinajstić information content (AvgIpc) is 3.30. The zero-order chi connectivity index (χ0) is 16.6. The first-order valence-electron chi connectivity index (χ1n) is 8.43. The molecule has 0 aliphatic carbocycles. The molecule has 1 fully saturated rings. The van der Waals surface area contributed by atoms with Gasteiger partial charge in [-0.3, -0.25) is 4.90 Å². The second-order valence-electron chi connectivity index (χ2n) is 6.21. The van der Waals surface area contributed by atoms with E-state index in [2.05, 4.69) is 21.7 Å². The van der Waals surface area contributed by atoms with Gasteiger partial charge in [0, 0.05) is 26.2 Å². The lowest BCUT2D eigenvalue weighted by Crippen LogP contribution is -2.39. The van der Waals surface area contributed by atoms with E-state index in [1.165, 1.54) is 5.56 Å². The maximum atomic E-state index is 10.3. The number of nitrogens with zero attached hydrogens (tertiary/aromatic N) is 1. The van der Waals surface area contributed by atoms with Crippen LogP contribution in [0.25, 0.3) is 0 Å². The Morgan fingerprint density at radius 1 is 1.42 bits per heavy atom. The van der Waals surface area contributed by atoms with Crippen LogP contribution in [0.1, 0.15) is 24.2 Å². The highest BCUT2D eigenvalue weighted by molar-refractivity contribution is 7.07. The number of aliphatic hydroxyl groups excluding tert-OH is 1. The zero-order valence-corrected chi connectivity index (χ0v) is 14.6. The molecule has 0 spiro atoms. The van der Waals surface area contributed by atoms with Crippen molar-refractivity contribution >= 4 is 11.3 Å². The molecule has 0 radical (unpaired) electrons. The second kappa shape index (κ2) is 9.34. The van der Waals surface area contributed by atoms with Crippen molar-refractivity contribution < 1.29 is 19.0 Å². The van der Waals surface area contributed by atoms with Gasteiger partial charge in [-0.2, -0.15) is 11.3 Å². The van der Waals surface area contributed by atoms with E-state index in [0.29, 0.717) is 19.8 Å². The van der Waals surface area contributed by atoms with Gasteiger partial charge in [0.1, 0.15) is 12.4 Å². The third-order valence-corrected chi connectivity index (χ3v) is 4.81. The highest BCUT2D eigenvalue weighted by atomic mass is 32.1. The van der Waals surface area contributed by atoms with Crippen LogP contribution in [0.2, 0.25) is 0 Å². The number of ether oxygens (including phenoxy) is 2. The smallest absolute Gasteiger partial charge is 0.129 e. The van der Waals surface area contributed by atoms with Crippen molar-refractivity contribution in [3.05, 3.63) is 46.5 Å². The Kier molecular flexibility index (Phi) is 6.86. The molecule has 6 heteroatoms. The summed E-state index contributed by atoms with van der Waals surface area (Å²) in [6.45, 7) is 3.80. The highest BCUT2D eigenvalue weighted by Gasteiger charge is 2.21. The van der Waals surface area contributed by atoms with Crippen LogP contribution in [0, 0.1) is 0 Å². The first kappa shape index (κ1) is 17.6. The Morgan fingerprint density at radius 3 is 3.08 bits per heavy atom. The highest BCUT2D eigenvalue weighted by Crippen LogP contribution is 2.16. The van der Waals surface area contributed by atoms with Crippen molar-refractivity contribution in [3.63, 3.8) is 0 Å². The summed E-state index contributed by atoms with van der Waals surface area (Å²) < 4.78 is 16.5. The summed E-state index contributed by atoms with van der Waals surface area (Å²) in [7, 11) is 0. The van der Waals surface area contributed by atoms with Crippen LogP contribution >= 0.6 is 11.3 Å². The fourth-order valence-electron chi connectivity index (χ4n) is 2.96. The Bertz CT molecular complexity index is 552. The number of rotatable bonds is 10. The number of furan rings is 1. The van der Waals surface area contributed by atoms with Crippen molar-refractivity contribution in [1.82, 2.24) is 4.90 Å². The minimum Gasteiger partial charge on any atom is -0.467 e. The van der Waals surface area contributed by atoms with Crippen LogP contribution in [0.4, 0.5) is 0 Å². The summed E-state index contributed by atoms with van der Waals surface area (Å²) in [5, 5.41) is 14.6. The van der Waals surface area contributed by atoms with E-state index in [0.717, 1.165) is 38.3 Å². The largest absolute Gasteiger partial charge is 0.467 e. The first-order valence-corrected chi connectivity index (χ1v) is 9.37. The van der Waals surface area contributed by atoms with Crippen molar-refractivity contribution in [2.24, 2.45) is 0 Å². The molecule has 1 aliphatic rings. The van der Waals surface area contributed by atoms with Crippen LogP contribution in [0.5, 0.6) is 0 Å². The summed E-state index contributed by atoms with van der Waals surface area (Å²) >= 11 is 1.70. The van der Waals surface area contributed by atoms with Crippen LogP contribution < -0.4 is 0 Å². The Labute approximate surface area is 146 Å². The summed E-state index contributed by atoms with van der Waals surface area (Å²) in [6, 6.07) is 5.83. The Morgan fingerprint density at radius 2 is 2.38 bits per heavy atom. The van der Waals surface area contributed by atoms with E-state index >= 15 is 0 Å². The van der Waals surface area contributed by atoms with E-state index in [-0.39, 0.29) is 6.10 Å². The van der Waals surface area contributed by atoms with Crippen LogP contribution in [0.3, 0.4) is 0 Å². The molecule has 3 rings (SSSR count). The van der Waals surface area contributed by atoms with Gasteiger partial charge in [0.25, 0.3) is 0 Å². The van der Waals surface area contributed by atoms with Crippen LogP contribution in [0.15, 0.2) is 39.6 Å². The molecule has 0 aromatic carbocycles. The molecule has 0 bridgehead atoms. The summed E-state index contributed by atoms with van der Waals surface area (Å²) in [5.74, 6) is 0.775. The van der Waals surface area contributed by atoms with Crippen LogP contribution in [-0.4, -0.2) is 48.5 Å². The normalized spacial score (nSPS) is 19.2. The number of hydrogen-bond donors (Lipinski definition) is 1. The van der Waals surface area contributed by atoms with E-state index in [1.807, 2.05) is 12.1 Å². The summed E-state index contributed by atoms with van der Waals surface area (Å²) in [5.41, 5.74) is 1.28. The van der Waals surface area contributed by atoms with Gasteiger partial charge in [-0.15, -0.1) is 0 Å². The summed E-state index contributed by atoms with van der Waals surface area (Å²) in [6.07, 6.45) is 3.61. The molecule has 1 N–H and O–H groups in total. The monoisotopic (exact) mass is 351 g/mol. The third-order valence-electron chi connectivity index (χ3n) is 4.08. The fourth-order valence-corrected chi connectivity index (χ4v) is 3.62. The van der Waals surface area contributed by atoms with Crippen molar-refractivity contribution in [3.8, 4) is 0 Å². The lowest BCUT2D eigenvalue weighted by molar-refractivity contribution is -0.00633. The number of thiophene rings is 1. The van der Waals surface area contributed by atoms with Crippen LogP contribution in [-0.2, 0) is 22.6 Å². The lowest BCUT2D eigenvalue weighted by atomic mass is 10.2. The molecular weight excluding hydrogens is 326 g/mol. The zero-order valence-electron chi connectivity index (χ0n) is 13.8. The van der Waals surface area contributed by atoms with Gasteiger partial charge in [0.05, 0.1) is 25.1 Å². The lowest BCUT2D eigenvalue weighted by Gasteiger charge is -2.27. The molecule has 1 saturated heterocycles. The molecule has 0 saturated carbocycles. The first-order chi connectivity index (χ1) is 11.8. The molecule has 0 amide bonds. The van der Waals surface area contributed by atoms with Crippen molar-refractivity contribution in [2.45, 2.75) is 38.2 Å². The van der Waals surface area contributed by atoms with E-state index in [9.17, 15) is 5.11 Å². The standard InChI is InChI=1S/C18H25NO4S/c20-16(12-21-13-18-4-2-7-23-18)10-19(9-15-5-8-24-14-15)11-17-3-1-6-22-17/h2,4-5,7-8,14,16-17,20H,1,3,6,9-13H2. The Balaban J connectivity index is 1.45. The van der Waals surface area contributed by atoms with E-state index in [1.54, 1.807) is 17.6 Å². The van der Waals surface area contributed by atoms with Gasteiger partial charge in [0.2, 0.25) is 0 Å². The van der Waals surface area contributed by atoms with E-state index in [4.69, 9.17) is 13.9 Å². The van der Waals surface area contributed by atoms with Gasteiger partial charge in [-0.05, 0) is 47.4 Å². The van der Waals surface area contributed by atoms with Gasteiger partial charge >= 0.3 is 0 Å². The predicted molar refractivity (Wildman–Crippen MR) is 92.9 cm³/mol.